The largest absolute Gasteiger partial charge is 0.483 e. The number of fused-ring (bicyclic) bond motifs is 1. The number of H-pyrrole nitrogens is 1. The first-order valence-corrected chi connectivity index (χ1v) is 9.92. The quantitative estimate of drug-likeness (QED) is 0.803. The molecule has 29 heavy (non-hydrogen) atoms. The van der Waals surface area contributed by atoms with E-state index in [-0.39, 0.29) is 29.9 Å². The van der Waals surface area contributed by atoms with Crippen LogP contribution in [0.1, 0.15) is 60.9 Å². The van der Waals surface area contributed by atoms with E-state index in [0.29, 0.717) is 12.3 Å². The van der Waals surface area contributed by atoms with E-state index in [1.165, 1.54) is 0 Å². The lowest BCUT2D eigenvalue weighted by Crippen LogP contribution is -2.41. The standard InChI is InChI=1S/C21H26N4O4/c1-21(2)11-13-6-5-8-17(19(13)29-21)28-12-18(26)25-9-4-3-7-16(25)14-10-15(20(22)27)24-23-14/h5-6,8,10,16H,3-4,7,9,11-12H2,1-2H3,(H2,22,27)(H,23,24). The Morgan fingerprint density at radius 2 is 2.21 bits per heavy atom. The van der Waals surface area contributed by atoms with Crippen LogP contribution in [0.25, 0.3) is 0 Å². The van der Waals surface area contributed by atoms with E-state index < -0.39 is 5.91 Å². The third kappa shape index (κ3) is 3.92. The molecule has 2 aliphatic heterocycles. The molecule has 2 amide bonds. The number of hydrogen-bond donors (Lipinski definition) is 2. The number of aromatic amines is 1. The Morgan fingerprint density at radius 3 is 2.97 bits per heavy atom. The van der Waals surface area contributed by atoms with Crippen LogP contribution in [0.3, 0.4) is 0 Å². The average molecular weight is 398 g/mol. The number of primary amides is 1. The van der Waals surface area contributed by atoms with Crippen LogP contribution in [-0.4, -0.2) is 45.7 Å². The second-order valence-corrected chi connectivity index (χ2v) is 8.24. The zero-order valence-electron chi connectivity index (χ0n) is 16.7. The number of amides is 2. The molecule has 8 heteroatoms. The van der Waals surface area contributed by atoms with Crippen molar-refractivity contribution in [1.29, 1.82) is 0 Å². The monoisotopic (exact) mass is 398 g/mol. The van der Waals surface area contributed by atoms with Gasteiger partial charge in [0.2, 0.25) is 0 Å². The number of nitrogens with one attached hydrogen (secondary N) is 1. The second kappa shape index (κ2) is 7.42. The molecule has 154 valence electrons. The molecule has 1 fully saturated rings. The van der Waals surface area contributed by atoms with Gasteiger partial charge in [0.05, 0.1) is 11.7 Å². The fourth-order valence-electron chi connectivity index (χ4n) is 4.11. The minimum Gasteiger partial charge on any atom is -0.483 e. The number of hydrogen-bond acceptors (Lipinski definition) is 5. The van der Waals surface area contributed by atoms with Crippen molar-refractivity contribution in [3.05, 3.63) is 41.2 Å². The predicted molar refractivity (Wildman–Crippen MR) is 106 cm³/mol. The Hall–Kier alpha value is -3.03. The average Bonchev–Trinajstić information content (AvgIpc) is 3.29. The summed E-state index contributed by atoms with van der Waals surface area (Å²) in [6, 6.07) is 7.23. The van der Waals surface area contributed by atoms with E-state index in [1.54, 1.807) is 11.0 Å². The maximum atomic E-state index is 13.0. The molecule has 2 aliphatic rings. The van der Waals surface area contributed by atoms with Crippen molar-refractivity contribution in [2.45, 2.75) is 51.2 Å². The van der Waals surface area contributed by atoms with Crippen LogP contribution >= 0.6 is 0 Å². The predicted octanol–water partition coefficient (Wildman–Crippen LogP) is 2.35. The molecule has 0 bridgehead atoms. The van der Waals surface area contributed by atoms with Crippen molar-refractivity contribution in [2.24, 2.45) is 5.73 Å². The summed E-state index contributed by atoms with van der Waals surface area (Å²) in [6.07, 6.45) is 3.53. The van der Waals surface area contributed by atoms with E-state index in [0.717, 1.165) is 42.7 Å². The summed E-state index contributed by atoms with van der Waals surface area (Å²) in [5.41, 5.74) is 7.00. The van der Waals surface area contributed by atoms with Crippen molar-refractivity contribution < 1.29 is 19.1 Å². The molecule has 1 aromatic carbocycles. The molecule has 0 aliphatic carbocycles. The number of carbonyl (C=O) groups is 2. The number of likely N-dealkylation sites (tertiary alicyclic amines) is 1. The number of carbonyl (C=O) groups excluding carboxylic acids is 2. The van der Waals surface area contributed by atoms with E-state index in [2.05, 4.69) is 10.2 Å². The van der Waals surface area contributed by atoms with Crippen LogP contribution in [0.2, 0.25) is 0 Å². The van der Waals surface area contributed by atoms with Gasteiger partial charge >= 0.3 is 0 Å². The minimum absolute atomic E-state index is 0.0758. The van der Waals surface area contributed by atoms with E-state index in [4.69, 9.17) is 15.2 Å². The summed E-state index contributed by atoms with van der Waals surface area (Å²) >= 11 is 0. The van der Waals surface area contributed by atoms with Gasteiger partial charge in [0, 0.05) is 18.5 Å². The van der Waals surface area contributed by atoms with Crippen LogP contribution in [0.5, 0.6) is 11.5 Å². The Bertz CT molecular complexity index is 937. The number of piperidine rings is 1. The molecule has 1 aromatic heterocycles. The molecule has 3 heterocycles. The summed E-state index contributed by atoms with van der Waals surface area (Å²) in [5, 5.41) is 6.80. The van der Waals surface area contributed by atoms with Crippen LogP contribution in [0, 0.1) is 0 Å². The van der Waals surface area contributed by atoms with Crippen molar-refractivity contribution in [2.75, 3.05) is 13.2 Å². The van der Waals surface area contributed by atoms with Gasteiger partial charge in [-0.15, -0.1) is 0 Å². The van der Waals surface area contributed by atoms with Gasteiger partial charge in [-0.3, -0.25) is 14.7 Å². The van der Waals surface area contributed by atoms with Crippen LogP contribution in [0.15, 0.2) is 24.3 Å². The Balaban J connectivity index is 1.46. The first kappa shape index (κ1) is 19.3. The molecule has 0 saturated carbocycles. The molecule has 0 radical (unpaired) electrons. The number of benzene rings is 1. The third-order valence-electron chi connectivity index (χ3n) is 5.44. The molecule has 1 unspecified atom stereocenters. The molecule has 0 spiro atoms. The highest BCUT2D eigenvalue weighted by molar-refractivity contribution is 5.90. The highest BCUT2D eigenvalue weighted by atomic mass is 16.5. The molecule has 4 rings (SSSR count). The summed E-state index contributed by atoms with van der Waals surface area (Å²) in [5.74, 6) is 0.609. The highest BCUT2D eigenvalue weighted by Crippen LogP contribution is 2.41. The van der Waals surface area contributed by atoms with Gasteiger partial charge in [0.1, 0.15) is 11.3 Å². The zero-order chi connectivity index (χ0) is 20.6. The molecule has 8 nitrogen and oxygen atoms in total. The number of ether oxygens (including phenoxy) is 2. The van der Waals surface area contributed by atoms with Gasteiger partial charge in [0.15, 0.2) is 18.1 Å². The third-order valence-corrected chi connectivity index (χ3v) is 5.44. The molecule has 3 N–H and O–H groups in total. The van der Waals surface area contributed by atoms with Crippen LogP contribution in [0.4, 0.5) is 0 Å². The first-order chi connectivity index (χ1) is 13.8. The lowest BCUT2D eigenvalue weighted by Gasteiger charge is -2.35. The van der Waals surface area contributed by atoms with Crippen molar-refractivity contribution >= 4 is 11.8 Å². The SMILES string of the molecule is CC1(C)Cc2cccc(OCC(=O)N3CCCCC3c3cc(C(N)=O)n[nH]3)c2O1. The lowest BCUT2D eigenvalue weighted by molar-refractivity contribution is -0.137. The normalized spacial score (nSPS) is 20.1. The number of rotatable bonds is 5. The topological polar surface area (TPSA) is 111 Å². The van der Waals surface area contributed by atoms with E-state index in [9.17, 15) is 9.59 Å². The van der Waals surface area contributed by atoms with Gasteiger partial charge in [-0.2, -0.15) is 5.10 Å². The molecular formula is C21H26N4O4. The van der Waals surface area contributed by atoms with Gasteiger partial charge < -0.3 is 20.1 Å². The Kier molecular flexibility index (Phi) is 4.94. The molecule has 2 aromatic rings. The molecule has 1 atom stereocenters. The minimum atomic E-state index is -0.592. The summed E-state index contributed by atoms with van der Waals surface area (Å²) in [4.78, 5) is 26.1. The zero-order valence-corrected chi connectivity index (χ0v) is 16.7. The number of nitrogens with zero attached hydrogens (tertiary/aromatic N) is 2. The Labute approximate surface area is 169 Å². The molecular weight excluding hydrogens is 372 g/mol. The van der Waals surface area contributed by atoms with Gasteiger partial charge in [0.25, 0.3) is 11.8 Å². The van der Waals surface area contributed by atoms with Gasteiger partial charge in [-0.1, -0.05) is 12.1 Å². The van der Waals surface area contributed by atoms with E-state index in [1.807, 2.05) is 32.0 Å². The fourth-order valence-corrected chi connectivity index (χ4v) is 4.11. The maximum Gasteiger partial charge on any atom is 0.269 e. The highest BCUT2D eigenvalue weighted by Gasteiger charge is 2.33. The van der Waals surface area contributed by atoms with Crippen LogP contribution in [-0.2, 0) is 11.2 Å². The first-order valence-electron chi connectivity index (χ1n) is 9.92. The fraction of sp³-hybridized carbons (Fsp3) is 0.476. The number of para-hydroxylation sites is 1. The van der Waals surface area contributed by atoms with Crippen LogP contribution < -0.4 is 15.2 Å². The van der Waals surface area contributed by atoms with Crippen molar-refractivity contribution in [3.63, 3.8) is 0 Å². The van der Waals surface area contributed by atoms with Gasteiger partial charge in [-0.05, 0) is 45.2 Å². The summed E-state index contributed by atoms with van der Waals surface area (Å²) in [7, 11) is 0. The second-order valence-electron chi connectivity index (χ2n) is 8.24. The van der Waals surface area contributed by atoms with Crippen molar-refractivity contribution in [1.82, 2.24) is 15.1 Å². The molecule has 1 saturated heterocycles. The maximum absolute atomic E-state index is 13.0. The smallest absolute Gasteiger partial charge is 0.269 e. The van der Waals surface area contributed by atoms with Gasteiger partial charge in [-0.25, -0.2) is 0 Å². The number of nitrogens with two attached hydrogens (primary N) is 1. The Morgan fingerprint density at radius 1 is 1.38 bits per heavy atom. The lowest BCUT2D eigenvalue weighted by atomic mass is 9.99. The number of aromatic nitrogens is 2. The summed E-state index contributed by atoms with van der Waals surface area (Å²) in [6.45, 7) is 4.62. The summed E-state index contributed by atoms with van der Waals surface area (Å²) < 4.78 is 11.9. The van der Waals surface area contributed by atoms with Crippen molar-refractivity contribution in [3.8, 4) is 11.5 Å². The van der Waals surface area contributed by atoms with E-state index >= 15 is 0 Å².